The minimum absolute atomic E-state index is 0.0257. The second-order valence-corrected chi connectivity index (χ2v) is 6.30. The number of carbonyl (C=O) groups is 1. The van der Waals surface area contributed by atoms with Crippen LogP contribution in [0, 0.1) is 0 Å². The van der Waals surface area contributed by atoms with E-state index >= 15 is 0 Å². The number of furan rings is 1. The predicted molar refractivity (Wildman–Crippen MR) is 84.3 cm³/mol. The van der Waals surface area contributed by atoms with Gasteiger partial charge in [0, 0.05) is 6.04 Å². The van der Waals surface area contributed by atoms with Crippen LogP contribution in [0.5, 0.6) is 0 Å². The Kier molecular flexibility index (Phi) is 6.71. The van der Waals surface area contributed by atoms with Crippen LogP contribution in [-0.2, 0) is 11.3 Å². The van der Waals surface area contributed by atoms with Gasteiger partial charge in [-0.1, -0.05) is 26.2 Å². The van der Waals surface area contributed by atoms with Crippen LogP contribution < -0.4 is 0 Å². The minimum Gasteiger partial charge on any atom is -0.467 e. The molecule has 1 aliphatic carbocycles. The normalized spacial score (nSPS) is 16.5. The van der Waals surface area contributed by atoms with Gasteiger partial charge in [-0.2, -0.15) is 13.2 Å². The van der Waals surface area contributed by atoms with Crippen molar-refractivity contribution in [2.75, 3.05) is 19.6 Å². The lowest BCUT2D eigenvalue weighted by molar-refractivity contribution is -0.163. The van der Waals surface area contributed by atoms with Crippen LogP contribution in [0.3, 0.4) is 0 Å². The fourth-order valence-electron chi connectivity index (χ4n) is 3.26. The van der Waals surface area contributed by atoms with Gasteiger partial charge in [-0.15, -0.1) is 0 Å². The molecule has 0 spiro atoms. The first-order chi connectivity index (χ1) is 11.4. The average Bonchev–Trinajstić information content (AvgIpc) is 3.04. The summed E-state index contributed by atoms with van der Waals surface area (Å²) in [4.78, 5) is 15.3. The summed E-state index contributed by atoms with van der Waals surface area (Å²) in [6.45, 7) is 1.22. The fraction of sp³-hybridized carbons (Fsp3) is 0.706. The van der Waals surface area contributed by atoms with Gasteiger partial charge >= 0.3 is 6.18 Å². The first-order valence-electron chi connectivity index (χ1n) is 8.50. The van der Waals surface area contributed by atoms with Gasteiger partial charge in [0.2, 0.25) is 5.91 Å². The number of hydrogen-bond donors (Lipinski definition) is 0. The number of likely N-dealkylation sites (N-methyl/N-ethyl adjacent to an activating group) is 1. The lowest BCUT2D eigenvalue weighted by Crippen LogP contribution is -2.47. The Morgan fingerprint density at radius 3 is 2.54 bits per heavy atom. The van der Waals surface area contributed by atoms with Crippen molar-refractivity contribution in [1.82, 2.24) is 9.80 Å². The summed E-state index contributed by atoms with van der Waals surface area (Å²) in [5.74, 6) is -0.149. The van der Waals surface area contributed by atoms with Crippen molar-refractivity contribution in [2.24, 2.45) is 0 Å². The Balaban J connectivity index is 2.01. The SMILES string of the molecule is CCN(CC(=O)N(Cc1ccco1)CC(F)(F)F)C1CCCCC1. The van der Waals surface area contributed by atoms with Crippen molar-refractivity contribution >= 4 is 5.91 Å². The number of hydrogen-bond acceptors (Lipinski definition) is 3. The molecule has 0 unspecified atom stereocenters. The minimum atomic E-state index is -4.43. The van der Waals surface area contributed by atoms with Crippen molar-refractivity contribution in [1.29, 1.82) is 0 Å². The van der Waals surface area contributed by atoms with Crippen LogP contribution in [0.25, 0.3) is 0 Å². The largest absolute Gasteiger partial charge is 0.467 e. The van der Waals surface area contributed by atoms with Crippen molar-refractivity contribution in [3.63, 3.8) is 0 Å². The molecule has 1 aromatic heterocycles. The van der Waals surface area contributed by atoms with Gasteiger partial charge in [-0.25, -0.2) is 0 Å². The van der Waals surface area contributed by atoms with E-state index in [1.54, 1.807) is 12.1 Å². The van der Waals surface area contributed by atoms with Gasteiger partial charge in [-0.05, 0) is 31.5 Å². The van der Waals surface area contributed by atoms with E-state index in [4.69, 9.17) is 4.42 Å². The summed E-state index contributed by atoms with van der Waals surface area (Å²) in [6.07, 6.45) is 2.43. The quantitative estimate of drug-likeness (QED) is 0.753. The van der Waals surface area contributed by atoms with Crippen LogP contribution in [0.15, 0.2) is 22.8 Å². The second-order valence-electron chi connectivity index (χ2n) is 6.30. The van der Waals surface area contributed by atoms with E-state index in [-0.39, 0.29) is 13.1 Å². The van der Waals surface area contributed by atoms with Crippen LogP contribution in [0.4, 0.5) is 13.2 Å². The van der Waals surface area contributed by atoms with Gasteiger partial charge in [0.25, 0.3) is 0 Å². The summed E-state index contributed by atoms with van der Waals surface area (Å²) in [5, 5.41) is 0. The van der Waals surface area contributed by atoms with E-state index in [2.05, 4.69) is 0 Å². The molecule has 1 saturated carbocycles. The molecule has 0 bridgehead atoms. The van der Waals surface area contributed by atoms with E-state index in [0.29, 0.717) is 18.3 Å². The number of carbonyl (C=O) groups excluding carboxylic acids is 1. The lowest BCUT2D eigenvalue weighted by atomic mass is 9.94. The first-order valence-corrected chi connectivity index (χ1v) is 8.50. The number of amides is 1. The maximum absolute atomic E-state index is 12.8. The summed E-state index contributed by atoms with van der Waals surface area (Å²) >= 11 is 0. The van der Waals surface area contributed by atoms with E-state index in [1.807, 2.05) is 11.8 Å². The average molecular weight is 346 g/mol. The maximum atomic E-state index is 12.8. The van der Waals surface area contributed by atoms with Crippen LogP contribution >= 0.6 is 0 Å². The van der Waals surface area contributed by atoms with E-state index < -0.39 is 18.6 Å². The van der Waals surface area contributed by atoms with E-state index in [0.717, 1.165) is 30.6 Å². The van der Waals surface area contributed by atoms with Gasteiger partial charge in [0.15, 0.2) is 0 Å². The van der Waals surface area contributed by atoms with E-state index in [1.165, 1.54) is 12.7 Å². The van der Waals surface area contributed by atoms with Gasteiger partial charge < -0.3 is 9.32 Å². The third-order valence-corrected chi connectivity index (χ3v) is 4.49. The van der Waals surface area contributed by atoms with Gasteiger partial charge in [-0.3, -0.25) is 9.69 Å². The third kappa shape index (κ3) is 5.85. The summed E-state index contributed by atoms with van der Waals surface area (Å²) in [7, 11) is 0. The molecule has 2 rings (SSSR count). The first kappa shape index (κ1) is 18.8. The van der Waals surface area contributed by atoms with Crippen LogP contribution in [-0.4, -0.2) is 47.6 Å². The molecule has 1 fully saturated rings. The highest BCUT2D eigenvalue weighted by atomic mass is 19.4. The zero-order chi connectivity index (χ0) is 17.6. The summed E-state index contributed by atoms with van der Waals surface area (Å²) in [6, 6.07) is 3.48. The fourth-order valence-corrected chi connectivity index (χ4v) is 3.26. The van der Waals surface area contributed by atoms with Crippen molar-refractivity contribution in [2.45, 2.75) is 57.8 Å². The molecule has 24 heavy (non-hydrogen) atoms. The van der Waals surface area contributed by atoms with Gasteiger partial charge in [0.05, 0.1) is 19.4 Å². The molecule has 0 radical (unpaired) electrons. The molecule has 1 amide bonds. The molecule has 4 nitrogen and oxygen atoms in total. The molecular weight excluding hydrogens is 321 g/mol. The van der Waals surface area contributed by atoms with Gasteiger partial charge in [0.1, 0.15) is 12.3 Å². The molecule has 0 saturated heterocycles. The van der Waals surface area contributed by atoms with Crippen molar-refractivity contribution in [3.8, 4) is 0 Å². The number of rotatable bonds is 7. The van der Waals surface area contributed by atoms with Crippen molar-refractivity contribution < 1.29 is 22.4 Å². The zero-order valence-corrected chi connectivity index (χ0v) is 14.0. The third-order valence-electron chi connectivity index (χ3n) is 4.49. The van der Waals surface area contributed by atoms with E-state index in [9.17, 15) is 18.0 Å². The molecule has 0 N–H and O–H groups in total. The molecule has 136 valence electrons. The second kappa shape index (κ2) is 8.55. The molecular formula is C17H25F3N2O2. The smallest absolute Gasteiger partial charge is 0.406 e. The number of alkyl halides is 3. The molecule has 1 aliphatic rings. The van der Waals surface area contributed by atoms with Crippen molar-refractivity contribution in [3.05, 3.63) is 24.2 Å². The maximum Gasteiger partial charge on any atom is 0.406 e. The Morgan fingerprint density at radius 1 is 1.29 bits per heavy atom. The summed E-state index contributed by atoms with van der Waals surface area (Å²) < 4.78 is 43.6. The molecule has 1 aromatic rings. The zero-order valence-electron chi connectivity index (χ0n) is 14.0. The Hall–Kier alpha value is -1.50. The predicted octanol–water partition coefficient (Wildman–Crippen LogP) is 3.83. The van der Waals surface area contributed by atoms with Crippen LogP contribution in [0.1, 0.15) is 44.8 Å². The molecule has 0 aliphatic heterocycles. The highest BCUT2D eigenvalue weighted by molar-refractivity contribution is 5.78. The Morgan fingerprint density at radius 2 is 2.00 bits per heavy atom. The topological polar surface area (TPSA) is 36.7 Å². The number of halogens is 3. The molecule has 7 heteroatoms. The standard InChI is InChI=1S/C17H25F3N2O2/c1-2-21(14-7-4-3-5-8-14)12-16(23)22(13-17(18,19)20)11-15-9-6-10-24-15/h6,9-10,14H,2-5,7-8,11-13H2,1H3. The molecule has 0 atom stereocenters. The summed E-state index contributed by atoms with van der Waals surface area (Å²) in [5.41, 5.74) is 0. The van der Waals surface area contributed by atoms with Crippen LogP contribution in [0.2, 0.25) is 0 Å². The molecule has 0 aromatic carbocycles. The number of nitrogens with zero attached hydrogens (tertiary/aromatic N) is 2. The highest BCUT2D eigenvalue weighted by Crippen LogP contribution is 2.23. The monoisotopic (exact) mass is 346 g/mol. The lowest BCUT2D eigenvalue weighted by Gasteiger charge is -2.34. The highest BCUT2D eigenvalue weighted by Gasteiger charge is 2.34. The Labute approximate surface area is 140 Å². The molecule has 1 heterocycles. The Bertz CT molecular complexity index is 496.